The molecule has 4 nitrogen and oxygen atoms in total. The molecule has 108 valence electrons. The number of likely N-dealkylation sites (tertiary alicyclic amines) is 1. The zero-order chi connectivity index (χ0) is 13.7. The monoisotopic (exact) mass is 264 g/mol. The summed E-state index contributed by atoms with van der Waals surface area (Å²) >= 11 is 0. The molecule has 1 aliphatic rings. The summed E-state index contributed by atoms with van der Waals surface area (Å²) in [5.41, 5.74) is 2.48. The third-order valence-corrected chi connectivity index (χ3v) is 4.26. The topological polar surface area (TPSA) is 33.1 Å². The van der Waals surface area contributed by atoms with Crippen molar-refractivity contribution in [3.8, 4) is 0 Å². The van der Waals surface area contributed by atoms with Crippen molar-refractivity contribution in [2.45, 2.75) is 39.2 Å². The predicted molar refractivity (Wildman–Crippen MR) is 79.1 cm³/mol. The first-order valence-corrected chi connectivity index (χ1v) is 7.60. The van der Waals surface area contributed by atoms with E-state index in [1.54, 1.807) is 0 Å². The van der Waals surface area contributed by atoms with Gasteiger partial charge < -0.3 is 10.2 Å². The molecule has 0 bridgehead atoms. The summed E-state index contributed by atoms with van der Waals surface area (Å²) < 4.78 is 2.00. The Kier molecular flexibility index (Phi) is 5.40. The van der Waals surface area contributed by atoms with E-state index in [-0.39, 0.29) is 0 Å². The molecule has 0 atom stereocenters. The lowest BCUT2D eigenvalue weighted by molar-refractivity contribution is 0.211. The second-order valence-electron chi connectivity index (χ2n) is 5.82. The van der Waals surface area contributed by atoms with Gasteiger partial charge in [-0.2, -0.15) is 5.10 Å². The standard InChI is InChI=1S/C15H28N4/c1-4-14-11-15(19(3)17-14)12-16-8-5-13-6-9-18(2)10-7-13/h11,13,16H,4-10,12H2,1-3H3. The molecule has 0 saturated carbocycles. The number of rotatable bonds is 6. The molecule has 1 aromatic heterocycles. The molecule has 2 heterocycles. The fourth-order valence-corrected chi connectivity index (χ4v) is 2.78. The molecule has 0 aliphatic carbocycles. The Balaban J connectivity index is 1.65. The number of hydrogen-bond acceptors (Lipinski definition) is 3. The van der Waals surface area contributed by atoms with Gasteiger partial charge in [0.05, 0.1) is 11.4 Å². The quantitative estimate of drug-likeness (QED) is 0.796. The van der Waals surface area contributed by atoms with Gasteiger partial charge in [-0.25, -0.2) is 0 Å². The highest BCUT2D eigenvalue weighted by Gasteiger charge is 2.15. The van der Waals surface area contributed by atoms with Crippen LogP contribution in [0.1, 0.15) is 37.6 Å². The molecule has 1 saturated heterocycles. The SMILES string of the molecule is CCc1cc(CNCCC2CCN(C)CC2)n(C)n1. The van der Waals surface area contributed by atoms with Crippen LogP contribution in [-0.2, 0) is 20.0 Å². The lowest BCUT2D eigenvalue weighted by atomic mass is 9.94. The Bertz CT molecular complexity index is 377. The molecule has 2 rings (SSSR count). The van der Waals surface area contributed by atoms with Crippen LogP contribution < -0.4 is 5.32 Å². The van der Waals surface area contributed by atoms with E-state index in [1.165, 1.54) is 43.7 Å². The van der Waals surface area contributed by atoms with Crippen LogP contribution in [0.25, 0.3) is 0 Å². The van der Waals surface area contributed by atoms with E-state index in [9.17, 15) is 0 Å². The molecular weight excluding hydrogens is 236 g/mol. The second kappa shape index (κ2) is 7.06. The molecule has 1 fully saturated rings. The maximum atomic E-state index is 4.48. The third-order valence-electron chi connectivity index (χ3n) is 4.26. The van der Waals surface area contributed by atoms with Crippen molar-refractivity contribution in [1.29, 1.82) is 0 Å². The van der Waals surface area contributed by atoms with Crippen molar-refractivity contribution < 1.29 is 0 Å². The number of piperidine rings is 1. The minimum atomic E-state index is 0.918. The highest BCUT2D eigenvalue weighted by atomic mass is 15.3. The van der Waals surface area contributed by atoms with Gasteiger partial charge >= 0.3 is 0 Å². The minimum absolute atomic E-state index is 0.918. The summed E-state index contributed by atoms with van der Waals surface area (Å²) in [6.45, 7) is 6.76. The van der Waals surface area contributed by atoms with E-state index in [0.717, 1.165) is 25.4 Å². The molecule has 0 unspecified atom stereocenters. The van der Waals surface area contributed by atoms with Crippen LogP contribution >= 0.6 is 0 Å². The predicted octanol–water partition coefficient (Wildman–Crippen LogP) is 1.80. The van der Waals surface area contributed by atoms with Gasteiger partial charge in [0.1, 0.15) is 0 Å². The zero-order valence-corrected chi connectivity index (χ0v) is 12.7. The summed E-state index contributed by atoms with van der Waals surface area (Å²) in [6.07, 6.45) is 5.06. The van der Waals surface area contributed by atoms with E-state index >= 15 is 0 Å². The van der Waals surface area contributed by atoms with Crippen LogP contribution in [0.3, 0.4) is 0 Å². The first-order valence-electron chi connectivity index (χ1n) is 7.60. The first-order chi connectivity index (χ1) is 9.19. The van der Waals surface area contributed by atoms with E-state index in [0.29, 0.717) is 0 Å². The number of hydrogen-bond donors (Lipinski definition) is 1. The maximum absolute atomic E-state index is 4.48. The smallest absolute Gasteiger partial charge is 0.0625 e. The molecule has 0 radical (unpaired) electrons. The largest absolute Gasteiger partial charge is 0.311 e. The molecular formula is C15H28N4. The molecule has 19 heavy (non-hydrogen) atoms. The van der Waals surface area contributed by atoms with Crippen molar-refractivity contribution in [3.63, 3.8) is 0 Å². The molecule has 0 spiro atoms. The zero-order valence-electron chi connectivity index (χ0n) is 12.7. The van der Waals surface area contributed by atoms with E-state index in [1.807, 2.05) is 11.7 Å². The molecule has 0 amide bonds. The summed E-state index contributed by atoms with van der Waals surface area (Å²) in [5, 5.41) is 8.04. The Morgan fingerprint density at radius 1 is 1.32 bits per heavy atom. The Morgan fingerprint density at radius 2 is 2.05 bits per heavy atom. The normalized spacial score (nSPS) is 18.1. The van der Waals surface area contributed by atoms with Crippen molar-refractivity contribution in [2.75, 3.05) is 26.7 Å². The summed E-state index contributed by atoms with van der Waals surface area (Å²) in [7, 11) is 4.26. The van der Waals surface area contributed by atoms with Crippen LogP contribution in [0.15, 0.2) is 6.07 Å². The fraction of sp³-hybridized carbons (Fsp3) is 0.800. The van der Waals surface area contributed by atoms with Gasteiger partial charge in [-0.1, -0.05) is 6.92 Å². The van der Waals surface area contributed by atoms with E-state index in [2.05, 4.69) is 35.4 Å². The lowest BCUT2D eigenvalue weighted by Crippen LogP contribution is -2.31. The first kappa shape index (κ1) is 14.5. The van der Waals surface area contributed by atoms with Crippen LogP contribution in [-0.4, -0.2) is 41.4 Å². The van der Waals surface area contributed by atoms with Crippen molar-refractivity contribution in [3.05, 3.63) is 17.5 Å². The molecule has 1 aliphatic heterocycles. The maximum Gasteiger partial charge on any atom is 0.0625 e. The Morgan fingerprint density at radius 3 is 2.68 bits per heavy atom. The number of nitrogens with one attached hydrogen (secondary N) is 1. The van der Waals surface area contributed by atoms with Crippen LogP contribution in [0, 0.1) is 5.92 Å². The highest BCUT2D eigenvalue weighted by Crippen LogP contribution is 2.18. The van der Waals surface area contributed by atoms with Gasteiger partial charge in [-0.05, 0) is 64.3 Å². The van der Waals surface area contributed by atoms with Gasteiger partial charge in [-0.15, -0.1) is 0 Å². The van der Waals surface area contributed by atoms with Crippen molar-refractivity contribution in [2.24, 2.45) is 13.0 Å². The van der Waals surface area contributed by atoms with Gasteiger partial charge in [0, 0.05) is 13.6 Å². The number of nitrogens with zero attached hydrogens (tertiary/aromatic N) is 3. The Labute approximate surface area is 117 Å². The summed E-state index contributed by atoms with van der Waals surface area (Å²) in [4.78, 5) is 2.44. The van der Waals surface area contributed by atoms with Crippen LogP contribution in [0.5, 0.6) is 0 Å². The average molecular weight is 264 g/mol. The van der Waals surface area contributed by atoms with Crippen molar-refractivity contribution in [1.82, 2.24) is 20.0 Å². The number of aromatic nitrogens is 2. The van der Waals surface area contributed by atoms with Gasteiger partial charge in [0.15, 0.2) is 0 Å². The van der Waals surface area contributed by atoms with Crippen molar-refractivity contribution >= 4 is 0 Å². The molecule has 1 aromatic rings. The van der Waals surface area contributed by atoms with Gasteiger partial charge in [0.25, 0.3) is 0 Å². The highest BCUT2D eigenvalue weighted by molar-refractivity contribution is 5.09. The molecule has 4 heteroatoms. The summed E-state index contributed by atoms with van der Waals surface area (Å²) in [6, 6.07) is 2.21. The fourth-order valence-electron chi connectivity index (χ4n) is 2.78. The average Bonchev–Trinajstić information content (AvgIpc) is 2.77. The lowest BCUT2D eigenvalue weighted by Gasteiger charge is -2.28. The summed E-state index contributed by atoms with van der Waals surface area (Å²) in [5.74, 6) is 0.918. The van der Waals surface area contributed by atoms with Gasteiger partial charge in [0.2, 0.25) is 0 Å². The number of aryl methyl sites for hydroxylation is 2. The molecule has 1 N–H and O–H groups in total. The van der Waals surface area contributed by atoms with Crippen LogP contribution in [0.4, 0.5) is 0 Å². The van der Waals surface area contributed by atoms with Crippen LogP contribution in [0.2, 0.25) is 0 Å². The second-order valence-corrected chi connectivity index (χ2v) is 5.82. The Hall–Kier alpha value is -0.870. The van der Waals surface area contributed by atoms with E-state index < -0.39 is 0 Å². The molecule has 0 aromatic carbocycles. The van der Waals surface area contributed by atoms with E-state index in [4.69, 9.17) is 0 Å². The van der Waals surface area contributed by atoms with Gasteiger partial charge in [-0.3, -0.25) is 4.68 Å². The minimum Gasteiger partial charge on any atom is -0.311 e. The third kappa shape index (κ3) is 4.32.